The first-order chi connectivity index (χ1) is 11.9. The monoisotopic (exact) mass is 364 g/mol. The van der Waals surface area contributed by atoms with Gasteiger partial charge in [-0.05, 0) is 44.0 Å². The van der Waals surface area contributed by atoms with Gasteiger partial charge in [0.1, 0.15) is 0 Å². The summed E-state index contributed by atoms with van der Waals surface area (Å²) >= 11 is 0. The van der Waals surface area contributed by atoms with E-state index in [4.69, 9.17) is 0 Å². The fraction of sp³-hybridized carbons (Fsp3) is 0.588. The molecule has 0 bridgehead atoms. The van der Waals surface area contributed by atoms with E-state index in [1.807, 2.05) is 0 Å². The maximum absolute atomic E-state index is 12.9. The summed E-state index contributed by atoms with van der Waals surface area (Å²) in [5.74, 6) is 0. The molecule has 1 aromatic carbocycles. The Kier molecular flexibility index (Phi) is 4.01. The number of rotatable bonds is 3. The smallest absolute Gasteiger partial charge is 0.299 e. The van der Waals surface area contributed by atoms with Crippen LogP contribution >= 0.6 is 0 Å². The molecule has 136 valence electrons. The summed E-state index contributed by atoms with van der Waals surface area (Å²) in [5.41, 5.74) is 1.19. The number of imidazole rings is 1. The highest BCUT2D eigenvalue weighted by Gasteiger charge is 2.37. The standard InChI is InChI=1S/C17H24N4O3S/c1-19-15-7-6-12(11-16(15)20(2)17(19)22)25(23,24)18-13-8-10-21-9-4-3-5-14(13)21/h6-7,11,13-14,18H,3-5,8-10H2,1-2H3. The van der Waals surface area contributed by atoms with Gasteiger partial charge in [-0.1, -0.05) is 6.42 Å². The molecular weight excluding hydrogens is 340 g/mol. The molecule has 2 aliphatic heterocycles. The van der Waals surface area contributed by atoms with Crippen molar-refractivity contribution < 1.29 is 8.42 Å². The van der Waals surface area contributed by atoms with Gasteiger partial charge in [0.15, 0.2) is 0 Å². The van der Waals surface area contributed by atoms with Crippen LogP contribution in [-0.2, 0) is 24.1 Å². The molecule has 3 heterocycles. The third-order valence-corrected chi connectivity index (χ3v) is 7.20. The van der Waals surface area contributed by atoms with Gasteiger partial charge in [0.25, 0.3) is 0 Å². The summed E-state index contributed by atoms with van der Waals surface area (Å²) in [4.78, 5) is 14.7. The Bertz CT molecular complexity index is 976. The lowest BCUT2D eigenvalue weighted by atomic mass is 10.00. The topological polar surface area (TPSA) is 76.3 Å². The molecule has 2 atom stereocenters. The summed E-state index contributed by atoms with van der Waals surface area (Å²) in [7, 11) is -0.261. The summed E-state index contributed by atoms with van der Waals surface area (Å²) in [5, 5.41) is 0. The largest absolute Gasteiger partial charge is 0.328 e. The Hall–Kier alpha value is -1.64. The second kappa shape index (κ2) is 5.96. The molecule has 25 heavy (non-hydrogen) atoms. The summed E-state index contributed by atoms with van der Waals surface area (Å²) in [6.07, 6.45) is 4.28. The van der Waals surface area contributed by atoms with E-state index in [0.29, 0.717) is 11.6 Å². The van der Waals surface area contributed by atoms with E-state index in [-0.39, 0.29) is 16.6 Å². The van der Waals surface area contributed by atoms with Crippen molar-refractivity contribution in [1.29, 1.82) is 0 Å². The van der Waals surface area contributed by atoms with Crippen molar-refractivity contribution in [2.24, 2.45) is 14.1 Å². The Balaban J connectivity index is 1.65. The van der Waals surface area contributed by atoms with Crippen LogP contribution in [0, 0.1) is 0 Å². The highest BCUT2D eigenvalue weighted by Crippen LogP contribution is 2.28. The highest BCUT2D eigenvalue weighted by molar-refractivity contribution is 7.89. The maximum atomic E-state index is 12.9. The number of nitrogens with zero attached hydrogens (tertiary/aromatic N) is 3. The summed E-state index contributed by atoms with van der Waals surface area (Å²) < 4.78 is 31.7. The minimum absolute atomic E-state index is 0.0272. The molecule has 2 saturated heterocycles. The third-order valence-electron chi connectivity index (χ3n) is 5.72. The predicted octanol–water partition coefficient (Wildman–Crippen LogP) is 0.782. The molecule has 8 heteroatoms. The highest BCUT2D eigenvalue weighted by atomic mass is 32.2. The van der Waals surface area contributed by atoms with E-state index in [0.717, 1.165) is 37.9 Å². The van der Waals surface area contributed by atoms with Crippen LogP contribution in [-0.4, -0.2) is 47.6 Å². The van der Waals surface area contributed by atoms with Gasteiger partial charge >= 0.3 is 5.69 Å². The minimum Gasteiger partial charge on any atom is -0.299 e. The number of aryl methyl sites for hydroxylation is 2. The van der Waals surface area contributed by atoms with Gasteiger partial charge in [-0.25, -0.2) is 17.9 Å². The fourth-order valence-corrected chi connectivity index (χ4v) is 5.63. The second-order valence-corrected chi connectivity index (χ2v) is 8.88. The van der Waals surface area contributed by atoms with E-state index in [2.05, 4.69) is 9.62 Å². The van der Waals surface area contributed by atoms with Crippen LogP contribution in [0.25, 0.3) is 11.0 Å². The van der Waals surface area contributed by atoms with Crippen LogP contribution in [0.1, 0.15) is 25.7 Å². The molecule has 0 amide bonds. The van der Waals surface area contributed by atoms with Crippen LogP contribution in [0.4, 0.5) is 0 Å². The predicted molar refractivity (Wildman–Crippen MR) is 96.1 cm³/mol. The Morgan fingerprint density at radius 2 is 1.80 bits per heavy atom. The first-order valence-corrected chi connectivity index (χ1v) is 10.3. The average Bonchev–Trinajstić information content (AvgIpc) is 3.10. The maximum Gasteiger partial charge on any atom is 0.328 e. The SMILES string of the molecule is Cn1c(=O)n(C)c2cc(S(=O)(=O)NC3CCN4CCCCC34)ccc21. The number of benzene rings is 1. The molecule has 7 nitrogen and oxygen atoms in total. The molecule has 2 aromatic rings. The molecule has 2 aliphatic rings. The number of hydrogen-bond acceptors (Lipinski definition) is 4. The van der Waals surface area contributed by atoms with Crippen molar-refractivity contribution in [3.8, 4) is 0 Å². The molecule has 2 unspecified atom stereocenters. The van der Waals surface area contributed by atoms with Crippen molar-refractivity contribution in [3.63, 3.8) is 0 Å². The van der Waals surface area contributed by atoms with E-state index in [9.17, 15) is 13.2 Å². The number of fused-ring (bicyclic) bond motifs is 2. The molecular formula is C17H24N4O3S. The van der Waals surface area contributed by atoms with Gasteiger partial charge in [-0.2, -0.15) is 0 Å². The Labute approximate surface area is 147 Å². The zero-order valence-corrected chi connectivity index (χ0v) is 15.4. The van der Waals surface area contributed by atoms with Gasteiger partial charge < -0.3 is 0 Å². The zero-order valence-electron chi connectivity index (χ0n) is 14.6. The van der Waals surface area contributed by atoms with E-state index >= 15 is 0 Å². The molecule has 0 saturated carbocycles. The van der Waals surface area contributed by atoms with Gasteiger partial charge in [-0.15, -0.1) is 0 Å². The Morgan fingerprint density at radius 1 is 1.04 bits per heavy atom. The van der Waals surface area contributed by atoms with Crippen LogP contribution in [0.5, 0.6) is 0 Å². The van der Waals surface area contributed by atoms with Gasteiger partial charge in [0, 0.05) is 32.7 Å². The first-order valence-electron chi connectivity index (χ1n) is 8.80. The summed E-state index contributed by atoms with van der Waals surface area (Å²) in [6, 6.07) is 5.16. The number of hydrogen-bond donors (Lipinski definition) is 1. The molecule has 0 spiro atoms. The van der Waals surface area contributed by atoms with Gasteiger partial charge in [-0.3, -0.25) is 14.0 Å². The lowest BCUT2D eigenvalue weighted by Gasteiger charge is -2.32. The minimum atomic E-state index is -3.61. The number of piperidine rings is 1. The molecule has 1 N–H and O–H groups in total. The molecule has 4 rings (SSSR count). The normalized spacial score (nSPS) is 24.7. The van der Waals surface area contributed by atoms with E-state index in [1.165, 1.54) is 15.6 Å². The van der Waals surface area contributed by atoms with Crippen LogP contribution < -0.4 is 10.4 Å². The molecule has 1 aromatic heterocycles. The van der Waals surface area contributed by atoms with Gasteiger partial charge in [0.2, 0.25) is 10.0 Å². The number of sulfonamides is 1. The van der Waals surface area contributed by atoms with E-state index < -0.39 is 10.0 Å². The second-order valence-electron chi connectivity index (χ2n) is 7.17. The number of aromatic nitrogens is 2. The zero-order chi connectivity index (χ0) is 17.8. The van der Waals surface area contributed by atoms with Gasteiger partial charge in [0.05, 0.1) is 15.9 Å². The molecule has 0 radical (unpaired) electrons. The van der Waals surface area contributed by atoms with Crippen molar-refractivity contribution in [2.75, 3.05) is 13.1 Å². The van der Waals surface area contributed by atoms with Crippen molar-refractivity contribution in [3.05, 3.63) is 28.7 Å². The Morgan fingerprint density at radius 3 is 2.60 bits per heavy atom. The average molecular weight is 364 g/mol. The lowest BCUT2D eigenvalue weighted by Crippen LogP contribution is -2.46. The van der Waals surface area contributed by atoms with Crippen LogP contribution in [0.3, 0.4) is 0 Å². The van der Waals surface area contributed by atoms with Crippen molar-refractivity contribution >= 4 is 21.1 Å². The van der Waals surface area contributed by atoms with E-state index in [1.54, 1.807) is 32.3 Å². The van der Waals surface area contributed by atoms with Crippen molar-refractivity contribution in [1.82, 2.24) is 18.8 Å². The van der Waals surface area contributed by atoms with Crippen LogP contribution in [0.2, 0.25) is 0 Å². The quantitative estimate of drug-likeness (QED) is 0.873. The van der Waals surface area contributed by atoms with Crippen molar-refractivity contribution in [2.45, 2.75) is 42.7 Å². The molecule has 0 aliphatic carbocycles. The van der Waals surface area contributed by atoms with Crippen LogP contribution in [0.15, 0.2) is 27.9 Å². The third kappa shape index (κ3) is 2.72. The summed E-state index contributed by atoms with van der Waals surface area (Å²) in [6.45, 7) is 2.03. The number of nitrogens with one attached hydrogen (secondary N) is 1. The molecule has 2 fully saturated rings. The lowest BCUT2D eigenvalue weighted by molar-refractivity contribution is 0.186. The fourth-order valence-electron chi connectivity index (χ4n) is 4.31. The first kappa shape index (κ1) is 16.8.